The number of Topliss-reactive ketones (excluding diaryl/α,β-unsaturated/α-hetero) is 1. The van der Waals surface area contributed by atoms with Crippen molar-refractivity contribution in [3.63, 3.8) is 0 Å². The minimum Gasteiger partial charge on any atom is -0.485 e. The van der Waals surface area contributed by atoms with E-state index in [1.165, 1.54) is 24.3 Å². The summed E-state index contributed by atoms with van der Waals surface area (Å²) in [5.74, 6) is -0.412. The summed E-state index contributed by atoms with van der Waals surface area (Å²) in [5, 5.41) is 1.51. The number of hydrogen-bond acceptors (Lipinski definition) is 5. The molecule has 2 amide bonds. The molecule has 2 aromatic rings. The van der Waals surface area contributed by atoms with Crippen LogP contribution in [0.25, 0.3) is 0 Å². The number of carbonyl (C=O) groups excluding carboxylic acids is 3. The van der Waals surface area contributed by atoms with Crippen LogP contribution in [-0.4, -0.2) is 28.8 Å². The maximum Gasteiger partial charge on any atom is 0.286 e. The highest BCUT2D eigenvalue weighted by atomic mass is 32.2. The molecule has 1 N–H and O–H groups in total. The molecule has 128 valence electrons. The van der Waals surface area contributed by atoms with Gasteiger partial charge in [0.05, 0.1) is 5.25 Å². The van der Waals surface area contributed by atoms with Crippen LogP contribution in [0, 0.1) is 5.82 Å². The molecule has 0 saturated carbocycles. The molecule has 1 aliphatic heterocycles. The molecule has 0 unspecified atom stereocenters. The summed E-state index contributed by atoms with van der Waals surface area (Å²) in [6.07, 6.45) is 0.441. The Hall–Kier alpha value is -2.67. The molecule has 1 atom stereocenters. The Labute approximate surface area is 147 Å². The number of nitrogens with one attached hydrogen (secondary N) is 1. The number of imide groups is 1. The van der Waals surface area contributed by atoms with Gasteiger partial charge in [0.2, 0.25) is 5.91 Å². The molecule has 25 heavy (non-hydrogen) atoms. The summed E-state index contributed by atoms with van der Waals surface area (Å²) >= 11 is 0.983. The highest BCUT2D eigenvalue weighted by Gasteiger charge is 2.31. The van der Waals surface area contributed by atoms with Gasteiger partial charge in [0.25, 0.3) is 5.24 Å². The molecule has 1 aliphatic rings. The van der Waals surface area contributed by atoms with Crippen LogP contribution in [0.4, 0.5) is 9.18 Å². The lowest BCUT2D eigenvalue weighted by Gasteiger charge is -2.08. The lowest BCUT2D eigenvalue weighted by Crippen LogP contribution is -2.25. The second-order valence-corrected chi connectivity index (χ2v) is 6.63. The summed E-state index contributed by atoms with van der Waals surface area (Å²) in [4.78, 5) is 34.7. The quantitative estimate of drug-likeness (QED) is 0.803. The summed E-state index contributed by atoms with van der Waals surface area (Å²) in [7, 11) is 0. The van der Waals surface area contributed by atoms with Crippen LogP contribution in [-0.2, 0) is 11.2 Å². The number of hydrogen-bond donors (Lipinski definition) is 1. The number of amides is 2. The minimum atomic E-state index is -0.417. The van der Waals surface area contributed by atoms with E-state index < -0.39 is 11.1 Å². The van der Waals surface area contributed by atoms with Gasteiger partial charge in [-0.2, -0.15) is 0 Å². The average Bonchev–Trinajstić information content (AvgIpc) is 2.92. The lowest BCUT2D eigenvalue weighted by atomic mass is 10.1. The van der Waals surface area contributed by atoms with Crippen molar-refractivity contribution in [1.29, 1.82) is 0 Å². The van der Waals surface area contributed by atoms with Crippen molar-refractivity contribution in [3.8, 4) is 5.75 Å². The standard InChI is InChI=1S/C18H14FNO4S/c19-13-5-3-12(4-6-13)15(21)10-24-14-7-1-11(2-8-14)9-16-17(22)20-18(23)25-16/h1-8,16H,9-10H2,(H,20,22,23)/t16-/m0/s1. The van der Waals surface area contributed by atoms with Gasteiger partial charge < -0.3 is 4.74 Å². The van der Waals surface area contributed by atoms with Crippen molar-refractivity contribution >= 4 is 28.7 Å². The van der Waals surface area contributed by atoms with Gasteiger partial charge in [0.1, 0.15) is 11.6 Å². The van der Waals surface area contributed by atoms with E-state index in [9.17, 15) is 18.8 Å². The molecule has 1 heterocycles. The maximum atomic E-state index is 12.8. The van der Waals surface area contributed by atoms with Gasteiger partial charge in [-0.3, -0.25) is 19.7 Å². The molecule has 7 heteroatoms. The number of rotatable bonds is 6. The fourth-order valence-electron chi connectivity index (χ4n) is 2.33. The highest BCUT2D eigenvalue weighted by Crippen LogP contribution is 2.23. The molecule has 0 bridgehead atoms. The van der Waals surface area contributed by atoms with Crippen LogP contribution in [0.3, 0.4) is 0 Å². The first-order chi connectivity index (χ1) is 12.0. The van der Waals surface area contributed by atoms with E-state index in [1.807, 2.05) is 0 Å². The van der Waals surface area contributed by atoms with Crippen molar-refractivity contribution in [2.45, 2.75) is 11.7 Å². The number of thioether (sulfide) groups is 1. The first-order valence-electron chi connectivity index (χ1n) is 7.53. The molecule has 0 radical (unpaired) electrons. The number of benzene rings is 2. The second kappa shape index (κ2) is 7.48. The Morgan fingerprint density at radius 3 is 2.36 bits per heavy atom. The third-order valence-corrected chi connectivity index (χ3v) is 4.63. The van der Waals surface area contributed by atoms with Crippen LogP contribution in [0.2, 0.25) is 0 Å². The summed E-state index contributed by atoms with van der Waals surface area (Å²) in [5.41, 5.74) is 1.27. The van der Waals surface area contributed by atoms with Crippen LogP contribution in [0.5, 0.6) is 5.75 Å². The third kappa shape index (κ3) is 4.45. The number of carbonyl (C=O) groups is 3. The summed E-state index contributed by atoms with van der Waals surface area (Å²) in [6.45, 7) is -0.152. The van der Waals surface area contributed by atoms with E-state index in [2.05, 4.69) is 5.32 Å². The molecule has 3 rings (SSSR count). The van der Waals surface area contributed by atoms with Gasteiger partial charge in [-0.15, -0.1) is 0 Å². The Kier molecular flexibility index (Phi) is 5.14. The van der Waals surface area contributed by atoms with Gasteiger partial charge in [-0.1, -0.05) is 23.9 Å². The Morgan fingerprint density at radius 1 is 1.08 bits per heavy atom. The van der Waals surface area contributed by atoms with E-state index in [4.69, 9.17) is 4.74 Å². The van der Waals surface area contributed by atoms with Crippen molar-refractivity contribution < 1.29 is 23.5 Å². The highest BCUT2D eigenvalue weighted by molar-refractivity contribution is 8.15. The Morgan fingerprint density at radius 2 is 1.76 bits per heavy atom. The predicted molar refractivity (Wildman–Crippen MR) is 91.3 cm³/mol. The fourth-order valence-corrected chi connectivity index (χ4v) is 3.19. The Bertz CT molecular complexity index is 805. The van der Waals surface area contributed by atoms with Gasteiger partial charge >= 0.3 is 0 Å². The van der Waals surface area contributed by atoms with E-state index in [0.29, 0.717) is 17.7 Å². The minimum absolute atomic E-state index is 0.152. The van der Waals surface area contributed by atoms with Crippen LogP contribution >= 0.6 is 11.8 Å². The monoisotopic (exact) mass is 359 g/mol. The molecule has 1 fully saturated rings. The maximum absolute atomic E-state index is 12.8. The molecule has 0 aliphatic carbocycles. The van der Waals surface area contributed by atoms with Crippen LogP contribution in [0.15, 0.2) is 48.5 Å². The molecule has 1 saturated heterocycles. The molecule has 5 nitrogen and oxygen atoms in total. The van der Waals surface area contributed by atoms with E-state index in [1.54, 1.807) is 24.3 Å². The van der Waals surface area contributed by atoms with Crippen LogP contribution in [0.1, 0.15) is 15.9 Å². The number of ketones is 1. The van der Waals surface area contributed by atoms with Crippen molar-refractivity contribution in [2.24, 2.45) is 0 Å². The topological polar surface area (TPSA) is 72.5 Å². The Balaban J connectivity index is 1.54. The SMILES string of the molecule is O=C1NC(=O)[C@H](Cc2ccc(OCC(=O)c3ccc(F)cc3)cc2)S1. The summed E-state index contributed by atoms with van der Waals surface area (Å²) < 4.78 is 18.3. The largest absolute Gasteiger partial charge is 0.485 e. The first-order valence-corrected chi connectivity index (χ1v) is 8.41. The first kappa shape index (κ1) is 17.2. The zero-order valence-electron chi connectivity index (χ0n) is 13.0. The average molecular weight is 359 g/mol. The molecular formula is C18H14FNO4S. The van der Waals surface area contributed by atoms with Gasteiger partial charge in [-0.25, -0.2) is 4.39 Å². The molecule has 2 aromatic carbocycles. The van der Waals surface area contributed by atoms with E-state index in [-0.39, 0.29) is 23.5 Å². The zero-order valence-corrected chi connectivity index (χ0v) is 13.8. The van der Waals surface area contributed by atoms with Crippen LogP contribution < -0.4 is 10.1 Å². The summed E-state index contributed by atoms with van der Waals surface area (Å²) in [6, 6.07) is 12.3. The molecular weight excluding hydrogens is 345 g/mol. The second-order valence-electron chi connectivity index (χ2n) is 5.45. The van der Waals surface area contributed by atoms with Gasteiger partial charge in [0, 0.05) is 5.56 Å². The third-order valence-electron chi connectivity index (χ3n) is 3.65. The van der Waals surface area contributed by atoms with E-state index >= 15 is 0 Å². The smallest absolute Gasteiger partial charge is 0.286 e. The predicted octanol–water partition coefficient (Wildman–Crippen LogP) is 2.98. The fraction of sp³-hybridized carbons (Fsp3) is 0.167. The van der Waals surface area contributed by atoms with Gasteiger partial charge in [0.15, 0.2) is 12.4 Å². The number of ether oxygens (including phenoxy) is 1. The van der Waals surface area contributed by atoms with Crippen molar-refractivity contribution in [2.75, 3.05) is 6.61 Å². The van der Waals surface area contributed by atoms with E-state index in [0.717, 1.165) is 17.3 Å². The van der Waals surface area contributed by atoms with Gasteiger partial charge in [-0.05, 0) is 48.4 Å². The molecule has 0 spiro atoms. The lowest BCUT2D eigenvalue weighted by molar-refractivity contribution is -0.118. The zero-order chi connectivity index (χ0) is 17.8. The number of halogens is 1. The molecule has 0 aromatic heterocycles. The van der Waals surface area contributed by atoms with Crippen molar-refractivity contribution in [3.05, 3.63) is 65.5 Å². The van der Waals surface area contributed by atoms with Crippen molar-refractivity contribution in [1.82, 2.24) is 5.32 Å². The normalized spacial score (nSPS) is 16.6.